The van der Waals surface area contributed by atoms with Gasteiger partial charge in [-0.15, -0.1) is 0 Å². The van der Waals surface area contributed by atoms with Gasteiger partial charge in [0.1, 0.15) is 0 Å². The number of rotatable bonds is 5. The molecule has 0 fully saturated rings. The van der Waals surface area contributed by atoms with E-state index in [1.807, 2.05) is 49.5 Å². The molecular formula is C22H22N4O3S. The van der Waals surface area contributed by atoms with Crippen LogP contribution in [0.2, 0.25) is 0 Å². The average Bonchev–Trinajstić information content (AvgIpc) is 3.32. The first kappa shape index (κ1) is 20.0. The van der Waals surface area contributed by atoms with Crippen LogP contribution in [0.5, 0.6) is 0 Å². The Morgan fingerprint density at radius 1 is 1.27 bits per heavy atom. The fourth-order valence-corrected chi connectivity index (χ4v) is 4.57. The van der Waals surface area contributed by atoms with Crippen LogP contribution >= 0.6 is 11.3 Å². The first-order valence-electron chi connectivity index (χ1n) is 9.80. The minimum absolute atomic E-state index is 0.189. The molecule has 0 saturated heterocycles. The summed E-state index contributed by atoms with van der Waals surface area (Å²) in [6, 6.07) is 8.92. The van der Waals surface area contributed by atoms with Crippen molar-refractivity contribution in [2.75, 3.05) is 6.61 Å². The van der Waals surface area contributed by atoms with E-state index in [1.54, 1.807) is 29.3 Å². The Balaban J connectivity index is 1.93. The van der Waals surface area contributed by atoms with Gasteiger partial charge in [-0.05, 0) is 32.4 Å². The highest BCUT2D eigenvalue weighted by molar-refractivity contribution is 7.07. The Labute approximate surface area is 177 Å². The molecule has 0 amide bonds. The molecule has 30 heavy (non-hydrogen) atoms. The van der Waals surface area contributed by atoms with Crippen molar-refractivity contribution in [2.45, 2.75) is 33.4 Å². The third-order valence-corrected chi connectivity index (χ3v) is 5.89. The molecule has 1 aromatic carbocycles. The summed E-state index contributed by atoms with van der Waals surface area (Å²) in [5.74, 6) is -0.453. The van der Waals surface area contributed by atoms with E-state index >= 15 is 0 Å². The van der Waals surface area contributed by atoms with Crippen molar-refractivity contribution in [1.29, 1.82) is 0 Å². The number of benzene rings is 1. The van der Waals surface area contributed by atoms with Crippen molar-refractivity contribution in [3.05, 3.63) is 84.8 Å². The molecule has 0 spiro atoms. The summed E-state index contributed by atoms with van der Waals surface area (Å²) >= 11 is 1.31. The lowest BCUT2D eigenvalue weighted by molar-refractivity contribution is -0.139. The van der Waals surface area contributed by atoms with Crippen LogP contribution in [0.4, 0.5) is 0 Å². The number of ether oxygens (including phenoxy) is 1. The molecule has 7 nitrogen and oxygen atoms in total. The van der Waals surface area contributed by atoms with E-state index in [2.05, 4.69) is 10.1 Å². The van der Waals surface area contributed by atoms with Crippen LogP contribution in [0.3, 0.4) is 0 Å². The van der Waals surface area contributed by atoms with Crippen molar-refractivity contribution in [1.82, 2.24) is 14.3 Å². The smallest absolute Gasteiger partial charge is 0.338 e. The molecule has 0 N–H and O–H groups in total. The molecule has 154 valence electrons. The van der Waals surface area contributed by atoms with E-state index in [-0.39, 0.29) is 12.2 Å². The lowest BCUT2D eigenvalue weighted by Crippen LogP contribution is -2.39. The molecule has 0 radical (unpaired) electrons. The summed E-state index contributed by atoms with van der Waals surface area (Å²) in [7, 11) is 0. The number of carbonyl (C=O) groups excluding carboxylic acids is 1. The standard InChI is InChI=1S/C22H22N4O3S/c1-4-25-13-15(12-23-25)11-17-20(27)26-19(16-9-7-6-8-10-16)18(21(28)29-5-2)14(3)24-22(26)30-17/h6-13,19H,4-5H2,1-3H3. The normalized spacial score (nSPS) is 16.4. The highest BCUT2D eigenvalue weighted by Crippen LogP contribution is 2.30. The summed E-state index contributed by atoms with van der Waals surface area (Å²) in [5.41, 5.74) is 2.45. The van der Waals surface area contributed by atoms with Gasteiger partial charge in [0.05, 0.1) is 34.6 Å². The first-order valence-corrected chi connectivity index (χ1v) is 10.6. The SMILES string of the molecule is CCOC(=O)C1=C(C)N=c2sc(=Cc3cnn(CC)c3)c(=O)n2C1c1ccccc1. The van der Waals surface area contributed by atoms with Crippen molar-refractivity contribution < 1.29 is 9.53 Å². The second-order valence-electron chi connectivity index (χ2n) is 6.84. The monoisotopic (exact) mass is 422 g/mol. The Hall–Kier alpha value is -3.26. The summed E-state index contributed by atoms with van der Waals surface area (Å²) in [6.45, 7) is 6.56. The van der Waals surface area contributed by atoms with Gasteiger partial charge < -0.3 is 4.74 Å². The number of aryl methyl sites for hydroxylation is 1. The zero-order chi connectivity index (χ0) is 21.3. The Kier molecular flexibility index (Phi) is 5.50. The van der Waals surface area contributed by atoms with Gasteiger partial charge in [0.25, 0.3) is 5.56 Å². The molecule has 3 aromatic rings. The summed E-state index contributed by atoms with van der Waals surface area (Å²) in [4.78, 5) is 31.3. The number of hydrogen-bond acceptors (Lipinski definition) is 6. The number of hydrogen-bond donors (Lipinski definition) is 0. The van der Waals surface area contributed by atoms with Crippen LogP contribution in [0.1, 0.15) is 37.9 Å². The topological polar surface area (TPSA) is 78.5 Å². The van der Waals surface area contributed by atoms with Crippen LogP contribution in [-0.2, 0) is 16.1 Å². The van der Waals surface area contributed by atoms with E-state index in [0.29, 0.717) is 20.6 Å². The maximum absolute atomic E-state index is 13.4. The molecule has 4 rings (SSSR count). The number of thiazole rings is 1. The van der Waals surface area contributed by atoms with Gasteiger partial charge >= 0.3 is 5.97 Å². The van der Waals surface area contributed by atoms with Crippen molar-refractivity contribution in [3.8, 4) is 0 Å². The molecule has 0 bridgehead atoms. The highest BCUT2D eigenvalue weighted by Gasteiger charge is 2.33. The lowest BCUT2D eigenvalue weighted by Gasteiger charge is -2.24. The van der Waals surface area contributed by atoms with Gasteiger partial charge in [-0.2, -0.15) is 5.10 Å². The van der Waals surface area contributed by atoms with Crippen LogP contribution in [0, 0.1) is 0 Å². The zero-order valence-corrected chi connectivity index (χ0v) is 17.8. The number of carbonyl (C=O) groups is 1. The second-order valence-corrected chi connectivity index (χ2v) is 7.85. The van der Waals surface area contributed by atoms with Gasteiger partial charge in [-0.25, -0.2) is 9.79 Å². The number of aromatic nitrogens is 3. The molecular weight excluding hydrogens is 400 g/mol. The van der Waals surface area contributed by atoms with E-state index in [0.717, 1.165) is 17.7 Å². The van der Waals surface area contributed by atoms with E-state index < -0.39 is 12.0 Å². The molecule has 1 unspecified atom stereocenters. The molecule has 0 saturated carbocycles. The summed E-state index contributed by atoms with van der Waals surface area (Å²) in [5, 5.41) is 4.26. The predicted octanol–water partition coefficient (Wildman–Crippen LogP) is 2.01. The number of fused-ring (bicyclic) bond motifs is 1. The number of nitrogens with zero attached hydrogens (tertiary/aromatic N) is 4. The van der Waals surface area contributed by atoms with Gasteiger partial charge in [0.15, 0.2) is 4.80 Å². The molecule has 1 aliphatic heterocycles. The van der Waals surface area contributed by atoms with Gasteiger partial charge in [0, 0.05) is 18.3 Å². The van der Waals surface area contributed by atoms with Crippen LogP contribution in [0.25, 0.3) is 6.08 Å². The van der Waals surface area contributed by atoms with Crippen LogP contribution < -0.4 is 14.9 Å². The minimum atomic E-state index is -0.581. The highest BCUT2D eigenvalue weighted by atomic mass is 32.1. The van der Waals surface area contributed by atoms with Gasteiger partial charge in [-0.1, -0.05) is 41.7 Å². The Bertz CT molecular complexity index is 1300. The Morgan fingerprint density at radius 3 is 2.70 bits per heavy atom. The molecule has 1 atom stereocenters. The minimum Gasteiger partial charge on any atom is -0.463 e. The zero-order valence-electron chi connectivity index (χ0n) is 17.0. The third-order valence-electron chi connectivity index (χ3n) is 4.91. The predicted molar refractivity (Wildman–Crippen MR) is 115 cm³/mol. The molecule has 3 heterocycles. The maximum Gasteiger partial charge on any atom is 0.338 e. The molecule has 2 aromatic heterocycles. The summed E-state index contributed by atoms with van der Waals surface area (Å²) in [6.07, 6.45) is 5.43. The lowest BCUT2D eigenvalue weighted by atomic mass is 9.96. The average molecular weight is 423 g/mol. The third kappa shape index (κ3) is 3.54. The maximum atomic E-state index is 13.4. The van der Waals surface area contributed by atoms with E-state index in [1.165, 1.54) is 11.3 Å². The first-order chi connectivity index (χ1) is 14.5. The fourth-order valence-electron chi connectivity index (χ4n) is 3.52. The molecule has 1 aliphatic rings. The molecule has 8 heteroatoms. The van der Waals surface area contributed by atoms with E-state index in [4.69, 9.17) is 4.74 Å². The summed E-state index contributed by atoms with van der Waals surface area (Å²) < 4.78 is 9.23. The van der Waals surface area contributed by atoms with Gasteiger partial charge in [0.2, 0.25) is 0 Å². The van der Waals surface area contributed by atoms with Crippen LogP contribution in [0.15, 0.2) is 63.8 Å². The Morgan fingerprint density at radius 2 is 2.03 bits per heavy atom. The number of esters is 1. The molecule has 0 aliphatic carbocycles. The van der Waals surface area contributed by atoms with E-state index in [9.17, 15) is 9.59 Å². The van der Waals surface area contributed by atoms with Crippen molar-refractivity contribution in [3.63, 3.8) is 0 Å². The second kappa shape index (κ2) is 8.23. The quantitative estimate of drug-likeness (QED) is 0.590. The van der Waals surface area contributed by atoms with Crippen LogP contribution in [-0.4, -0.2) is 26.9 Å². The number of allylic oxidation sites excluding steroid dienone is 1. The fraction of sp³-hybridized carbons (Fsp3) is 0.273. The van der Waals surface area contributed by atoms with Crippen molar-refractivity contribution >= 4 is 23.4 Å². The largest absolute Gasteiger partial charge is 0.463 e. The van der Waals surface area contributed by atoms with Gasteiger partial charge in [-0.3, -0.25) is 14.0 Å². The van der Waals surface area contributed by atoms with Crippen molar-refractivity contribution in [2.24, 2.45) is 4.99 Å².